The van der Waals surface area contributed by atoms with Gasteiger partial charge in [0.1, 0.15) is 17.1 Å². The van der Waals surface area contributed by atoms with Gasteiger partial charge in [-0.05, 0) is 67.6 Å². The summed E-state index contributed by atoms with van der Waals surface area (Å²) in [5, 5.41) is 1.14. The molecule has 3 rings (SSSR count). The van der Waals surface area contributed by atoms with E-state index in [1.807, 2.05) is 6.92 Å². The Kier molecular flexibility index (Phi) is 6.05. The van der Waals surface area contributed by atoms with Crippen LogP contribution in [0.2, 0.25) is 0 Å². The van der Waals surface area contributed by atoms with Crippen LogP contribution in [0.3, 0.4) is 0 Å². The number of hydrogen-bond acceptors (Lipinski definition) is 4. The molecule has 0 bridgehead atoms. The molecule has 0 fully saturated rings. The van der Waals surface area contributed by atoms with Gasteiger partial charge in [-0.3, -0.25) is 4.72 Å². The lowest BCUT2D eigenvalue weighted by Gasteiger charge is -2.06. The van der Waals surface area contributed by atoms with E-state index in [1.54, 1.807) is 0 Å². The van der Waals surface area contributed by atoms with Crippen molar-refractivity contribution < 1.29 is 9.15 Å². The number of benzene rings is 2. The highest BCUT2D eigenvalue weighted by molar-refractivity contribution is 7.78. The monoisotopic (exact) mass is 355 g/mol. The first kappa shape index (κ1) is 17.9. The van der Waals surface area contributed by atoms with E-state index in [-0.39, 0.29) is 6.04 Å². The third kappa shape index (κ3) is 4.59. The second-order valence-corrected chi connectivity index (χ2v) is 6.62. The highest BCUT2D eigenvalue weighted by atomic mass is 32.1. The third-order valence-corrected chi connectivity index (χ3v) is 4.71. The van der Waals surface area contributed by atoms with Gasteiger partial charge in [-0.15, -0.1) is 0 Å². The molecular formula is C21H25NO2S. The maximum atomic E-state index is 5.86. The zero-order valence-corrected chi connectivity index (χ0v) is 15.7. The molecule has 3 nitrogen and oxygen atoms in total. The van der Waals surface area contributed by atoms with Crippen LogP contribution in [0.1, 0.15) is 43.2 Å². The number of rotatable bonds is 8. The van der Waals surface area contributed by atoms with Crippen LogP contribution < -0.4 is 9.46 Å². The summed E-state index contributed by atoms with van der Waals surface area (Å²) in [5.41, 5.74) is 3.56. The molecule has 0 saturated carbocycles. The van der Waals surface area contributed by atoms with Crippen LogP contribution >= 0.6 is 12.8 Å². The average molecular weight is 356 g/mol. The summed E-state index contributed by atoms with van der Waals surface area (Å²) in [6, 6.07) is 17.0. The Hall–Kier alpha value is -1.91. The van der Waals surface area contributed by atoms with Gasteiger partial charge in [-0.1, -0.05) is 37.9 Å². The predicted molar refractivity (Wildman–Crippen MR) is 106 cm³/mol. The lowest BCUT2D eigenvalue weighted by atomic mass is 10.0. The van der Waals surface area contributed by atoms with Crippen molar-refractivity contribution in [3.05, 3.63) is 65.4 Å². The number of thiol groups is 1. The van der Waals surface area contributed by atoms with Crippen molar-refractivity contribution in [1.82, 2.24) is 4.72 Å². The minimum Gasteiger partial charge on any atom is -0.494 e. The molecule has 4 heteroatoms. The zero-order chi connectivity index (χ0) is 17.6. The van der Waals surface area contributed by atoms with E-state index in [1.165, 1.54) is 11.1 Å². The predicted octanol–water partition coefficient (Wildman–Crippen LogP) is 5.50. The topological polar surface area (TPSA) is 34.4 Å². The molecule has 3 aromatic rings. The Morgan fingerprint density at radius 1 is 1.04 bits per heavy atom. The quantitative estimate of drug-likeness (QED) is 0.523. The highest BCUT2D eigenvalue weighted by Crippen LogP contribution is 2.25. The minimum atomic E-state index is 0.0904. The van der Waals surface area contributed by atoms with Crippen LogP contribution in [0.4, 0.5) is 0 Å². The van der Waals surface area contributed by atoms with Gasteiger partial charge in [0.25, 0.3) is 0 Å². The highest BCUT2D eigenvalue weighted by Gasteiger charge is 2.10. The summed E-state index contributed by atoms with van der Waals surface area (Å²) in [4.78, 5) is 0. The Morgan fingerprint density at radius 3 is 2.48 bits per heavy atom. The van der Waals surface area contributed by atoms with Gasteiger partial charge in [-0.2, -0.15) is 0 Å². The molecule has 1 atom stereocenters. The zero-order valence-electron chi connectivity index (χ0n) is 14.8. The molecule has 1 N–H and O–H groups in total. The molecule has 0 aliphatic rings. The first-order valence-electron chi connectivity index (χ1n) is 8.83. The van der Waals surface area contributed by atoms with E-state index >= 15 is 0 Å². The molecule has 0 radical (unpaired) electrons. The Bertz CT molecular complexity index is 810. The molecule has 1 unspecified atom stereocenters. The minimum absolute atomic E-state index is 0.0904. The van der Waals surface area contributed by atoms with Gasteiger partial charge >= 0.3 is 0 Å². The number of fused-ring (bicyclic) bond motifs is 1. The van der Waals surface area contributed by atoms with Gasteiger partial charge in [0.2, 0.25) is 0 Å². The number of aryl methyl sites for hydroxylation is 2. The lowest BCUT2D eigenvalue weighted by Crippen LogP contribution is -2.04. The smallest absolute Gasteiger partial charge is 0.134 e. The van der Waals surface area contributed by atoms with E-state index in [9.17, 15) is 0 Å². The molecule has 0 aliphatic heterocycles. The van der Waals surface area contributed by atoms with Crippen molar-refractivity contribution in [1.29, 1.82) is 0 Å². The number of ether oxygens (including phenoxy) is 1. The summed E-state index contributed by atoms with van der Waals surface area (Å²) < 4.78 is 14.4. The van der Waals surface area contributed by atoms with Crippen LogP contribution in [0, 0.1) is 0 Å². The maximum Gasteiger partial charge on any atom is 0.134 e. The van der Waals surface area contributed by atoms with Gasteiger partial charge in [0.05, 0.1) is 12.6 Å². The van der Waals surface area contributed by atoms with Crippen LogP contribution in [0.5, 0.6) is 5.75 Å². The first-order chi connectivity index (χ1) is 12.2. The molecule has 0 spiro atoms. The van der Waals surface area contributed by atoms with Crippen molar-refractivity contribution >= 4 is 23.8 Å². The summed E-state index contributed by atoms with van der Waals surface area (Å²) in [5.74, 6) is 1.86. The van der Waals surface area contributed by atoms with Crippen LogP contribution in [0.15, 0.2) is 52.9 Å². The molecular weight excluding hydrogens is 330 g/mol. The van der Waals surface area contributed by atoms with Gasteiger partial charge in [0.15, 0.2) is 0 Å². The summed E-state index contributed by atoms with van der Waals surface area (Å²) in [6.45, 7) is 4.91. The van der Waals surface area contributed by atoms with Crippen molar-refractivity contribution in [3.8, 4) is 5.75 Å². The second kappa shape index (κ2) is 8.45. The largest absolute Gasteiger partial charge is 0.494 e. The molecule has 0 amide bonds. The van der Waals surface area contributed by atoms with E-state index in [0.717, 1.165) is 48.3 Å². The van der Waals surface area contributed by atoms with Crippen molar-refractivity contribution in [3.63, 3.8) is 0 Å². The van der Waals surface area contributed by atoms with Gasteiger partial charge < -0.3 is 9.15 Å². The van der Waals surface area contributed by atoms with E-state index < -0.39 is 0 Å². The van der Waals surface area contributed by atoms with Crippen molar-refractivity contribution in [2.45, 2.75) is 39.2 Å². The van der Waals surface area contributed by atoms with E-state index in [4.69, 9.17) is 9.15 Å². The van der Waals surface area contributed by atoms with E-state index in [2.05, 4.69) is 73.0 Å². The Balaban J connectivity index is 1.64. The van der Waals surface area contributed by atoms with Crippen molar-refractivity contribution in [2.24, 2.45) is 0 Å². The third-order valence-electron chi connectivity index (χ3n) is 4.32. The molecule has 25 heavy (non-hydrogen) atoms. The van der Waals surface area contributed by atoms with Crippen LogP contribution in [-0.2, 0) is 12.8 Å². The standard InChI is InChI=1S/C21H25NO2S/c1-3-12-23-19-9-6-16(7-10-19)4-5-17-8-11-20-18(13-17)14-21(24-20)15(2)22-25/h6-11,13-15,22,25H,3-5,12H2,1-2H3. The van der Waals surface area contributed by atoms with Gasteiger partial charge in [0, 0.05) is 5.39 Å². The summed E-state index contributed by atoms with van der Waals surface area (Å²) >= 11 is 4.11. The second-order valence-electron chi connectivity index (χ2n) is 6.36. The molecule has 0 saturated heterocycles. The fraction of sp³-hybridized carbons (Fsp3) is 0.333. The van der Waals surface area contributed by atoms with Crippen LogP contribution in [-0.4, -0.2) is 6.61 Å². The molecule has 2 aromatic carbocycles. The molecule has 1 aromatic heterocycles. The number of hydrogen-bond donors (Lipinski definition) is 2. The SMILES string of the molecule is CCCOc1ccc(CCc2ccc3oc(C(C)NS)cc3c2)cc1. The Morgan fingerprint density at radius 2 is 1.76 bits per heavy atom. The van der Waals surface area contributed by atoms with Crippen LogP contribution in [0.25, 0.3) is 11.0 Å². The average Bonchev–Trinajstić information content (AvgIpc) is 3.08. The van der Waals surface area contributed by atoms with E-state index in [0.29, 0.717) is 0 Å². The summed E-state index contributed by atoms with van der Waals surface area (Å²) in [7, 11) is 0. The molecule has 0 aliphatic carbocycles. The fourth-order valence-electron chi connectivity index (χ4n) is 2.81. The normalized spacial score (nSPS) is 12.4. The lowest BCUT2D eigenvalue weighted by molar-refractivity contribution is 0.317. The van der Waals surface area contributed by atoms with Crippen molar-refractivity contribution in [2.75, 3.05) is 6.61 Å². The number of furan rings is 1. The molecule has 132 valence electrons. The fourth-order valence-corrected chi connectivity index (χ4v) is 2.93. The Labute approximate surface area is 154 Å². The number of nitrogens with one attached hydrogen (secondary N) is 1. The summed E-state index contributed by atoms with van der Waals surface area (Å²) in [6.07, 6.45) is 3.05. The first-order valence-corrected chi connectivity index (χ1v) is 9.28. The van der Waals surface area contributed by atoms with Gasteiger partial charge in [-0.25, -0.2) is 0 Å². The maximum absolute atomic E-state index is 5.86. The molecule has 1 heterocycles.